The zero-order valence-electron chi connectivity index (χ0n) is 10.1. The van der Waals surface area contributed by atoms with Crippen LogP contribution in [0.15, 0.2) is 41.0 Å². The van der Waals surface area contributed by atoms with E-state index < -0.39 is 0 Å². The third-order valence-corrected chi connectivity index (χ3v) is 3.16. The maximum absolute atomic E-state index is 12.1. The number of aryl methyl sites for hydroxylation is 1. The number of rotatable bonds is 2. The lowest BCUT2D eigenvalue weighted by Crippen LogP contribution is -2.13. The minimum absolute atomic E-state index is 0.246. The molecule has 1 aromatic heterocycles. The fourth-order valence-corrected chi connectivity index (χ4v) is 2.20. The van der Waals surface area contributed by atoms with Gasteiger partial charge in [0.15, 0.2) is 0 Å². The molecule has 0 aliphatic carbocycles. The third kappa shape index (κ3) is 3.18. The molecule has 0 unspecified atom stereocenters. The van der Waals surface area contributed by atoms with Gasteiger partial charge in [-0.25, -0.2) is 4.98 Å². The highest BCUT2D eigenvalue weighted by atomic mass is 79.9. The summed E-state index contributed by atoms with van der Waals surface area (Å²) in [6.07, 6.45) is 1.42. The Hall–Kier alpha value is -2.19. The SMILES string of the molecule is Cc1ccc(C(=O)Nc2ccc(C#N)cn2)c(Br)c1. The highest BCUT2D eigenvalue weighted by Crippen LogP contribution is 2.19. The Bertz CT molecular complexity index is 659. The number of benzene rings is 1. The molecule has 0 bridgehead atoms. The quantitative estimate of drug-likeness (QED) is 0.924. The van der Waals surface area contributed by atoms with Crippen molar-refractivity contribution in [1.29, 1.82) is 5.26 Å². The Labute approximate surface area is 119 Å². The van der Waals surface area contributed by atoms with E-state index in [1.165, 1.54) is 6.20 Å². The Morgan fingerprint density at radius 2 is 2.16 bits per heavy atom. The monoisotopic (exact) mass is 315 g/mol. The first kappa shape index (κ1) is 13.2. The molecule has 0 fully saturated rings. The number of anilines is 1. The lowest BCUT2D eigenvalue weighted by molar-refractivity contribution is 0.102. The molecule has 4 nitrogen and oxygen atoms in total. The maximum Gasteiger partial charge on any atom is 0.257 e. The van der Waals surface area contributed by atoms with Crippen molar-refractivity contribution in [3.05, 3.63) is 57.7 Å². The van der Waals surface area contributed by atoms with Gasteiger partial charge in [-0.15, -0.1) is 0 Å². The summed E-state index contributed by atoms with van der Waals surface area (Å²) in [5.74, 6) is 0.167. The van der Waals surface area contributed by atoms with Gasteiger partial charge >= 0.3 is 0 Å². The number of hydrogen-bond donors (Lipinski definition) is 1. The van der Waals surface area contributed by atoms with Gasteiger partial charge in [0.2, 0.25) is 0 Å². The summed E-state index contributed by atoms with van der Waals surface area (Å²) >= 11 is 3.36. The first-order valence-electron chi connectivity index (χ1n) is 5.54. The summed E-state index contributed by atoms with van der Waals surface area (Å²) in [4.78, 5) is 16.0. The van der Waals surface area contributed by atoms with Crippen molar-refractivity contribution >= 4 is 27.7 Å². The predicted octanol–water partition coefficient (Wildman–Crippen LogP) is 3.28. The second-order valence-electron chi connectivity index (χ2n) is 3.98. The Morgan fingerprint density at radius 1 is 1.37 bits per heavy atom. The van der Waals surface area contributed by atoms with Crippen molar-refractivity contribution in [2.24, 2.45) is 0 Å². The average molecular weight is 316 g/mol. The number of amides is 1. The number of nitrogens with one attached hydrogen (secondary N) is 1. The number of carbonyl (C=O) groups excluding carboxylic acids is 1. The van der Waals surface area contributed by atoms with Gasteiger partial charge in [0.25, 0.3) is 5.91 Å². The van der Waals surface area contributed by atoms with Crippen LogP contribution in [0.1, 0.15) is 21.5 Å². The number of hydrogen-bond acceptors (Lipinski definition) is 3. The van der Waals surface area contributed by atoms with Crippen molar-refractivity contribution in [3.8, 4) is 6.07 Å². The fourth-order valence-electron chi connectivity index (χ4n) is 1.52. The van der Waals surface area contributed by atoms with Crippen molar-refractivity contribution in [2.75, 3.05) is 5.32 Å². The molecule has 2 aromatic rings. The van der Waals surface area contributed by atoms with E-state index in [-0.39, 0.29) is 5.91 Å². The van der Waals surface area contributed by atoms with Crippen LogP contribution in [0.2, 0.25) is 0 Å². The fraction of sp³-hybridized carbons (Fsp3) is 0.0714. The zero-order chi connectivity index (χ0) is 13.8. The maximum atomic E-state index is 12.1. The topological polar surface area (TPSA) is 65.8 Å². The molecule has 94 valence electrons. The second kappa shape index (κ2) is 5.63. The Balaban J connectivity index is 2.18. The number of nitrogens with zero attached hydrogens (tertiary/aromatic N) is 2. The third-order valence-electron chi connectivity index (χ3n) is 2.50. The lowest BCUT2D eigenvalue weighted by Gasteiger charge is -2.06. The molecule has 0 saturated carbocycles. The molecule has 2 rings (SSSR count). The van der Waals surface area contributed by atoms with Gasteiger partial charge in [0.1, 0.15) is 11.9 Å². The zero-order valence-corrected chi connectivity index (χ0v) is 11.7. The molecule has 1 amide bonds. The van der Waals surface area contributed by atoms with E-state index in [0.717, 1.165) is 10.0 Å². The van der Waals surface area contributed by atoms with E-state index in [4.69, 9.17) is 5.26 Å². The van der Waals surface area contributed by atoms with E-state index in [9.17, 15) is 4.79 Å². The van der Waals surface area contributed by atoms with Crippen LogP contribution in [0.4, 0.5) is 5.82 Å². The normalized spacial score (nSPS) is 9.74. The number of halogens is 1. The first-order valence-corrected chi connectivity index (χ1v) is 6.33. The van der Waals surface area contributed by atoms with Gasteiger partial charge in [0.05, 0.1) is 11.1 Å². The van der Waals surface area contributed by atoms with Crippen molar-refractivity contribution in [3.63, 3.8) is 0 Å². The number of aromatic nitrogens is 1. The molecular weight excluding hydrogens is 306 g/mol. The number of nitriles is 1. The van der Waals surface area contributed by atoms with Crippen LogP contribution in [-0.4, -0.2) is 10.9 Å². The minimum atomic E-state index is -0.246. The molecule has 0 radical (unpaired) electrons. The summed E-state index contributed by atoms with van der Waals surface area (Å²) < 4.78 is 0.735. The number of pyridine rings is 1. The summed E-state index contributed by atoms with van der Waals surface area (Å²) in [6, 6.07) is 10.7. The van der Waals surface area contributed by atoms with Crippen LogP contribution < -0.4 is 5.32 Å². The molecule has 1 aromatic carbocycles. The molecule has 0 aliphatic heterocycles. The average Bonchev–Trinajstić information content (AvgIpc) is 2.39. The van der Waals surface area contributed by atoms with Crippen LogP contribution in [0, 0.1) is 18.3 Å². The van der Waals surface area contributed by atoms with E-state index in [1.54, 1.807) is 18.2 Å². The van der Waals surface area contributed by atoms with Crippen molar-refractivity contribution in [1.82, 2.24) is 4.98 Å². The largest absolute Gasteiger partial charge is 0.307 e. The molecule has 1 heterocycles. The highest BCUT2D eigenvalue weighted by molar-refractivity contribution is 9.10. The first-order chi connectivity index (χ1) is 9.10. The Morgan fingerprint density at radius 3 is 2.74 bits per heavy atom. The summed E-state index contributed by atoms with van der Waals surface area (Å²) in [5.41, 5.74) is 2.06. The molecule has 0 saturated heterocycles. The van der Waals surface area contributed by atoms with E-state index in [1.807, 2.05) is 25.1 Å². The molecular formula is C14H10BrN3O. The van der Waals surface area contributed by atoms with Crippen molar-refractivity contribution in [2.45, 2.75) is 6.92 Å². The van der Waals surface area contributed by atoms with Gasteiger partial charge in [-0.05, 0) is 52.7 Å². The van der Waals surface area contributed by atoms with Gasteiger partial charge in [-0.1, -0.05) is 6.07 Å². The lowest BCUT2D eigenvalue weighted by atomic mass is 10.1. The Kier molecular flexibility index (Phi) is 3.93. The second-order valence-corrected chi connectivity index (χ2v) is 4.84. The van der Waals surface area contributed by atoms with Crippen LogP contribution in [0.5, 0.6) is 0 Å². The van der Waals surface area contributed by atoms with E-state index in [0.29, 0.717) is 16.9 Å². The molecule has 19 heavy (non-hydrogen) atoms. The smallest absolute Gasteiger partial charge is 0.257 e. The summed E-state index contributed by atoms with van der Waals surface area (Å²) in [7, 11) is 0. The minimum Gasteiger partial charge on any atom is -0.307 e. The summed E-state index contributed by atoms with van der Waals surface area (Å²) in [5, 5.41) is 11.3. The van der Waals surface area contributed by atoms with Gasteiger partial charge in [0, 0.05) is 10.7 Å². The van der Waals surface area contributed by atoms with Crippen LogP contribution in [0.3, 0.4) is 0 Å². The van der Waals surface area contributed by atoms with E-state index in [2.05, 4.69) is 26.2 Å². The molecule has 0 atom stereocenters. The van der Waals surface area contributed by atoms with Gasteiger partial charge < -0.3 is 5.32 Å². The predicted molar refractivity (Wildman–Crippen MR) is 75.8 cm³/mol. The van der Waals surface area contributed by atoms with Crippen molar-refractivity contribution < 1.29 is 4.79 Å². The van der Waals surface area contributed by atoms with Gasteiger partial charge in [-0.2, -0.15) is 5.26 Å². The standard InChI is InChI=1S/C14H10BrN3O/c1-9-2-4-11(12(15)6-9)14(19)18-13-5-3-10(7-16)8-17-13/h2-6,8H,1H3,(H,17,18,19). The molecule has 0 spiro atoms. The van der Waals surface area contributed by atoms with E-state index >= 15 is 0 Å². The molecule has 0 aliphatic rings. The van der Waals surface area contributed by atoms with Crippen LogP contribution in [-0.2, 0) is 0 Å². The van der Waals surface area contributed by atoms with Crippen LogP contribution >= 0.6 is 15.9 Å². The van der Waals surface area contributed by atoms with Gasteiger partial charge in [-0.3, -0.25) is 4.79 Å². The summed E-state index contributed by atoms with van der Waals surface area (Å²) in [6.45, 7) is 1.95. The molecule has 1 N–H and O–H groups in total. The molecule has 5 heteroatoms. The highest BCUT2D eigenvalue weighted by Gasteiger charge is 2.10. The number of carbonyl (C=O) groups is 1. The van der Waals surface area contributed by atoms with Crippen LogP contribution in [0.25, 0.3) is 0 Å².